The molecule has 0 bridgehead atoms. The molecule has 0 unspecified atom stereocenters. The van der Waals surface area contributed by atoms with Crippen LogP contribution in [0.5, 0.6) is 0 Å². The molecule has 0 saturated heterocycles. The van der Waals surface area contributed by atoms with Gasteiger partial charge in [0, 0.05) is 0 Å². The first-order valence-electron chi connectivity index (χ1n) is 12.9. The summed E-state index contributed by atoms with van der Waals surface area (Å²) in [5.74, 6) is 6.33. The van der Waals surface area contributed by atoms with E-state index in [4.69, 9.17) is 23.2 Å². The van der Waals surface area contributed by atoms with E-state index in [1.165, 1.54) is 48.3 Å². The number of hydrogen-bond acceptors (Lipinski definition) is 0. The van der Waals surface area contributed by atoms with E-state index in [0.29, 0.717) is 0 Å². The monoisotopic (exact) mass is 842 g/mol. The molecule has 202 valence electrons. The number of hydrogen-bond donors (Lipinski definition) is 0. The summed E-state index contributed by atoms with van der Waals surface area (Å²) in [6, 6.07) is 42.7. The van der Waals surface area contributed by atoms with Crippen molar-refractivity contribution in [2.75, 3.05) is 0 Å². The van der Waals surface area contributed by atoms with Crippen LogP contribution in [0.15, 0.2) is 121 Å². The molecular weight excluding hydrogens is 819 g/mol. The minimum atomic E-state index is 0.0150. The molecule has 6 aromatic rings. The zero-order valence-corrected chi connectivity index (χ0v) is 30.3. The van der Waals surface area contributed by atoms with Gasteiger partial charge in [-0.1, -0.05) is 0 Å². The van der Waals surface area contributed by atoms with Crippen LogP contribution in [0.2, 0.25) is 10.0 Å². The second-order valence-corrected chi connectivity index (χ2v) is 18.1. The van der Waals surface area contributed by atoms with Crippen molar-refractivity contribution in [3.63, 3.8) is 0 Å². The fraction of sp³-hybridized carbons (Fsp3) is 0. The van der Waals surface area contributed by atoms with Gasteiger partial charge >= 0.3 is 284 Å². The summed E-state index contributed by atoms with van der Waals surface area (Å²) >= 11 is 12.6. The second-order valence-electron chi connectivity index (χ2n) is 8.99. The van der Waals surface area contributed by atoms with Gasteiger partial charge in [-0.25, -0.2) is 0 Å². The molecule has 0 aliphatic carbocycles. The van der Waals surface area contributed by atoms with Crippen LogP contribution in [0.25, 0.3) is 21.5 Å². The van der Waals surface area contributed by atoms with Crippen molar-refractivity contribution >= 4 is 131 Å². The molecule has 0 atom stereocenters. The Hall–Kier alpha value is -2.38. The normalized spacial score (nSPS) is 10.6. The van der Waals surface area contributed by atoms with E-state index in [1.807, 2.05) is 24.3 Å². The van der Waals surface area contributed by atoms with E-state index < -0.39 is 0 Å². The summed E-state index contributed by atoms with van der Waals surface area (Å²) in [5.41, 5.74) is 0. The van der Waals surface area contributed by atoms with Gasteiger partial charge in [0.25, 0.3) is 0 Å². The molecule has 0 fully saturated rings. The summed E-state index contributed by atoms with van der Waals surface area (Å²) in [7, 11) is 0. The zero-order valence-electron chi connectivity index (χ0n) is 21.9. The Labute approximate surface area is 281 Å². The van der Waals surface area contributed by atoms with Crippen LogP contribution in [0, 0.1) is 21.5 Å². The minimum absolute atomic E-state index is 0.0150. The Bertz CT molecular complexity index is 1850. The fourth-order valence-electron chi connectivity index (χ4n) is 4.36. The van der Waals surface area contributed by atoms with Gasteiger partial charge in [-0.3, -0.25) is 0 Å². The van der Waals surface area contributed by atoms with Crippen molar-refractivity contribution < 1.29 is 0 Å². The van der Waals surface area contributed by atoms with Gasteiger partial charge in [-0.15, -0.1) is 0 Å². The SMILES string of the molecule is Clc1ccc([Se]c2cccc3cccc([Se]C#CC#C[Se]c4cccc5cccc([Se]c6ccc(Cl)cc6)c45)c23)cc1. The average Bonchev–Trinajstić information content (AvgIpc) is 3.01. The van der Waals surface area contributed by atoms with Gasteiger partial charge in [0.1, 0.15) is 0 Å². The van der Waals surface area contributed by atoms with Gasteiger partial charge in [-0.2, -0.15) is 0 Å². The molecule has 0 spiro atoms. The number of rotatable bonds is 6. The van der Waals surface area contributed by atoms with E-state index >= 15 is 0 Å². The Balaban J connectivity index is 1.21. The first-order valence-corrected chi connectivity index (χ1v) is 20.5. The zero-order chi connectivity index (χ0) is 28.7. The molecule has 0 amide bonds. The molecular formula is C36H20Cl2Se4. The van der Waals surface area contributed by atoms with E-state index in [9.17, 15) is 0 Å². The van der Waals surface area contributed by atoms with Crippen molar-refractivity contribution in [3.8, 4) is 21.5 Å². The first kappa shape index (κ1) is 29.7. The Morgan fingerprint density at radius 1 is 0.405 bits per heavy atom. The van der Waals surface area contributed by atoms with Gasteiger partial charge < -0.3 is 0 Å². The predicted octanol–water partition coefficient (Wildman–Crippen LogP) is 3.89. The van der Waals surface area contributed by atoms with Crippen LogP contribution in [0.3, 0.4) is 0 Å². The van der Waals surface area contributed by atoms with Crippen molar-refractivity contribution in [3.05, 3.63) is 131 Å². The van der Waals surface area contributed by atoms with Crippen molar-refractivity contribution in [2.24, 2.45) is 0 Å². The fourth-order valence-corrected chi connectivity index (χ4v) is 12.4. The molecule has 0 heterocycles. The molecule has 0 aliphatic rings. The van der Waals surface area contributed by atoms with Crippen LogP contribution in [0.1, 0.15) is 0 Å². The number of halogens is 2. The average molecular weight is 839 g/mol. The summed E-state index contributed by atoms with van der Waals surface area (Å²) in [6.45, 7) is 0. The van der Waals surface area contributed by atoms with E-state index in [0.717, 1.165) is 10.0 Å². The van der Waals surface area contributed by atoms with Crippen LogP contribution in [0.4, 0.5) is 0 Å². The molecule has 0 aromatic heterocycles. The topological polar surface area (TPSA) is 0 Å². The summed E-state index contributed by atoms with van der Waals surface area (Å²) in [5, 5.41) is 6.76. The van der Waals surface area contributed by atoms with E-state index in [2.05, 4.69) is 119 Å². The van der Waals surface area contributed by atoms with Crippen molar-refractivity contribution in [1.29, 1.82) is 0 Å². The Morgan fingerprint density at radius 2 is 0.762 bits per heavy atom. The molecule has 6 aromatic carbocycles. The molecule has 0 aliphatic heterocycles. The molecule has 0 N–H and O–H groups in total. The second kappa shape index (κ2) is 14.4. The maximum atomic E-state index is 6.11. The summed E-state index contributed by atoms with van der Waals surface area (Å²) in [4.78, 5) is 6.79. The van der Waals surface area contributed by atoms with Crippen LogP contribution in [-0.4, -0.2) is 59.8 Å². The van der Waals surface area contributed by atoms with Crippen molar-refractivity contribution in [2.45, 2.75) is 0 Å². The quantitative estimate of drug-likeness (QED) is 0.177. The molecule has 42 heavy (non-hydrogen) atoms. The molecule has 0 radical (unpaired) electrons. The molecule has 0 nitrogen and oxygen atoms in total. The van der Waals surface area contributed by atoms with Gasteiger partial charge in [0.15, 0.2) is 0 Å². The summed E-state index contributed by atoms with van der Waals surface area (Å²) < 4.78 is 8.01. The van der Waals surface area contributed by atoms with Crippen LogP contribution < -0.4 is 26.8 Å². The van der Waals surface area contributed by atoms with Crippen LogP contribution in [-0.2, 0) is 0 Å². The maximum absolute atomic E-state index is 6.11. The standard InChI is InChI=1S/C36H20Cl2Se4/c37-27-15-19-29(20-16-27)41-33-13-5-9-25-7-3-11-31(35(25)33)39-23-1-2-24-40-32-12-4-8-26-10-6-14-34(36(26)32)42-30-21-17-28(38)18-22-30/h3-22H. The molecule has 6 rings (SSSR count). The third-order valence-electron chi connectivity index (χ3n) is 6.23. The molecule has 6 heteroatoms. The Kier molecular flexibility index (Phi) is 10.2. The van der Waals surface area contributed by atoms with E-state index in [-0.39, 0.29) is 59.8 Å². The first-order chi connectivity index (χ1) is 20.6. The third kappa shape index (κ3) is 7.39. The predicted molar refractivity (Wildman–Crippen MR) is 187 cm³/mol. The van der Waals surface area contributed by atoms with E-state index in [1.54, 1.807) is 0 Å². The van der Waals surface area contributed by atoms with Gasteiger partial charge in [-0.05, 0) is 0 Å². The van der Waals surface area contributed by atoms with Crippen LogP contribution >= 0.6 is 23.2 Å². The number of fused-ring (bicyclic) bond motifs is 2. The van der Waals surface area contributed by atoms with Crippen molar-refractivity contribution in [1.82, 2.24) is 0 Å². The van der Waals surface area contributed by atoms with Gasteiger partial charge in [0.05, 0.1) is 0 Å². The Morgan fingerprint density at radius 3 is 1.14 bits per heavy atom. The summed E-state index contributed by atoms with van der Waals surface area (Å²) in [6.07, 6.45) is 0. The third-order valence-corrected chi connectivity index (χ3v) is 14.4. The molecule has 0 saturated carbocycles. The number of benzene rings is 6. The van der Waals surface area contributed by atoms with Gasteiger partial charge in [0.2, 0.25) is 0 Å².